The fraction of sp³-hybridized carbons (Fsp3) is 0.947. The Morgan fingerprint density at radius 3 is 2.50 bits per heavy atom. The van der Waals surface area contributed by atoms with E-state index in [-0.39, 0.29) is 0 Å². The summed E-state index contributed by atoms with van der Waals surface area (Å²) in [5, 5.41) is 7.24. The number of hydrogen-bond donors (Lipinski definition) is 2. The highest BCUT2D eigenvalue weighted by atomic mass is 16.5. The van der Waals surface area contributed by atoms with Gasteiger partial charge in [-0.2, -0.15) is 0 Å². The van der Waals surface area contributed by atoms with Gasteiger partial charge in [-0.25, -0.2) is 0 Å². The van der Waals surface area contributed by atoms with Gasteiger partial charge in [-0.3, -0.25) is 9.89 Å². The van der Waals surface area contributed by atoms with E-state index < -0.39 is 0 Å². The molecule has 3 saturated heterocycles. The largest absolute Gasteiger partial charge is 0.373 e. The Labute approximate surface area is 147 Å². The molecular formula is C19H36N4O. The minimum atomic E-state index is 0.391. The first kappa shape index (κ1) is 18.0. The normalized spacial score (nSPS) is 31.8. The van der Waals surface area contributed by atoms with Crippen molar-refractivity contribution in [2.45, 2.75) is 83.1 Å². The van der Waals surface area contributed by atoms with Crippen molar-refractivity contribution in [1.82, 2.24) is 15.5 Å². The minimum Gasteiger partial charge on any atom is -0.373 e. The lowest BCUT2D eigenvalue weighted by Crippen LogP contribution is -2.52. The van der Waals surface area contributed by atoms with E-state index in [9.17, 15) is 0 Å². The van der Waals surface area contributed by atoms with Gasteiger partial charge in [-0.05, 0) is 51.1 Å². The summed E-state index contributed by atoms with van der Waals surface area (Å²) in [6.07, 6.45) is 9.65. The van der Waals surface area contributed by atoms with Crippen LogP contribution < -0.4 is 10.6 Å². The molecule has 3 fully saturated rings. The molecule has 3 aliphatic rings. The molecule has 0 aliphatic carbocycles. The van der Waals surface area contributed by atoms with E-state index in [2.05, 4.69) is 34.4 Å². The molecule has 2 bridgehead atoms. The van der Waals surface area contributed by atoms with Gasteiger partial charge in [0.05, 0.1) is 18.2 Å². The molecule has 0 aromatic heterocycles. The number of aliphatic imine (C=N–C) groups is 1. The number of hydrogen-bond acceptors (Lipinski definition) is 3. The lowest BCUT2D eigenvalue weighted by Gasteiger charge is -2.34. The van der Waals surface area contributed by atoms with Crippen LogP contribution >= 0.6 is 0 Å². The Kier molecular flexibility index (Phi) is 6.39. The molecule has 0 spiro atoms. The third-order valence-corrected chi connectivity index (χ3v) is 6.33. The maximum Gasteiger partial charge on any atom is 0.191 e. The van der Waals surface area contributed by atoms with E-state index in [0.717, 1.165) is 24.8 Å². The van der Waals surface area contributed by atoms with E-state index in [0.29, 0.717) is 24.3 Å². The average Bonchev–Trinajstić information content (AvgIpc) is 3.35. The van der Waals surface area contributed by atoms with Crippen LogP contribution in [-0.2, 0) is 4.74 Å². The summed E-state index contributed by atoms with van der Waals surface area (Å²) in [7, 11) is 1.88. The van der Waals surface area contributed by atoms with Crippen LogP contribution in [0.5, 0.6) is 0 Å². The Hall–Kier alpha value is -0.810. The maximum absolute atomic E-state index is 5.96. The lowest BCUT2D eigenvalue weighted by molar-refractivity contribution is 0.0991. The van der Waals surface area contributed by atoms with Crippen LogP contribution in [0.4, 0.5) is 0 Å². The molecule has 0 radical (unpaired) electrons. The molecule has 5 nitrogen and oxygen atoms in total. The van der Waals surface area contributed by atoms with Gasteiger partial charge in [-0.1, -0.05) is 26.7 Å². The minimum absolute atomic E-state index is 0.391. The van der Waals surface area contributed by atoms with Crippen molar-refractivity contribution in [2.75, 3.05) is 26.7 Å². The van der Waals surface area contributed by atoms with Crippen LogP contribution in [0.25, 0.3) is 0 Å². The quantitative estimate of drug-likeness (QED) is 0.553. The zero-order valence-corrected chi connectivity index (χ0v) is 15.8. The second-order valence-electron chi connectivity index (χ2n) is 7.70. The highest BCUT2D eigenvalue weighted by Gasteiger charge is 2.41. The Morgan fingerprint density at radius 1 is 1.21 bits per heavy atom. The smallest absolute Gasteiger partial charge is 0.191 e. The van der Waals surface area contributed by atoms with Crippen molar-refractivity contribution in [2.24, 2.45) is 10.9 Å². The van der Waals surface area contributed by atoms with Crippen molar-refractivity contribution < 1.29 is 4.74 Å². The Balaban J connectivity index is 1.53. The number of guanidine groups is 1. The molecule has 0 saturated carbocycles. The third kappa shape index (κ3) is 4.05. The van der Waals surface area contributed by atoms with E-state index in [1.807, 2.05) is 7.05 Å². The number of nitrogens with one attached hydrogen (secondary N) is 2. The fourth-order valence-corrected chi connectivity index (χ4v) is 4.86. The Morgan fingerprint density at radius 2 is 1.96 bits per heavy atom. The molecule has 4 unspecified atom stereocenters. The van der Waals surface area contributed by atoms with Gasteiger partial charge in [0.2, 0.25) is 0 Å². The summed E-state index contributed by atoms with van der Waals surface area (Å²) >= 11 is 0. The molecule has 5 heteroatoms. The van der Waals surface area contributed by atoms with Gasteiger partial charge in [0.15, 0.2) is 5.96 Å². The standard InChI is InChI=1S/C19H36N4O/c1-4-14(5-2)17(23-10-6-7-11-23)13-21-19(20-3)22-16-12-15-8-9-18(16)24-15/h14-18H,4-13H2,1-3H3,(H2,20,21,22). The predicted molar refractivity (Wildman–Crippen MR) is 99.5 cm³/mol. The highest BCUT2D eigenvalue weighted by Crippen LogP contribution is 2.34. The molecule has 3 rings (SSSR count). The molecule has 0 aromatic rings. The molecule has 3 heterocycles. The Bertz CT molecular complexity index is 416. The number of fused-ring (bicyclic) bond motifs is 2. The SMILES string of the molecule is CCC(CC)C(CNC(=NC)NC1CC2CCC1O2)N1CCCC1. The monoisotopic (exact) mass is 336 g/mol. The van der Waals surface area contributed by atoms with E-state index in [4.69, 9.17) is 4.74 Å². The molecule has 24 heavy (non-hydrogen) atoms. The van der Waals surface area contributed by atoms with Crippen molar-refractivity contribution in [1.29, 1.82) is 0 Å². The van der Waals surface area contributed by atoms with Crippen LogP contribution in [0.2, 0.25) is 0 Å². The molecule has 2 N–H and O–H groups in total. The van der Waals surface area contributed by atoms with Crippen molar-refractivity contribution >= 4 is 5.96 Å². The van der Waals surface area contributed by atoms with Crippen molar-refractivity contribution in [3.8, 4) is 0 Å². The molecule has 138 valence electrons. The number of ether oxygens (including phenoxy) is 1. The van der Waals surface area contributed by atoms with E-state index in [1.165, 1.54) is 51.6 Å². The summed E-state index contributed by atoms with van der Waals surface area (Å²) < 4.78 is 5.96. The van der Waals surface area contributed by atoms with Crippen LogP contribution in [0.3, 0.4) is 0 Å². The van der Waals surface area contributed by atoms with Gasteiger partial charge in [0.25, 0.3) is 0 Å². The maximum atomic E-state index is 5.96. The summed E-state index contributed by atoms with van der Waals surface area (Å²) in [6, 6.07) is 1.06. The second-order valence-corrected chi connectivity index (χ2v) is 7.70. The van der Waals surface area contributed by atoms with Gasteiger partial charge >= 0.3 is 0 Å². The summed E-state index contributed by atoms with van der Waals surface area (Å²) in [4.78, 5) is 7.16. The zero-order valence-electron chi connectivity index (χ0n) is 15.8. The topological polar surface area (TPSA) is 48.9 Å². The first-order valence-electron chi connectivity index (χ1n) is 10.1. The van der Waals surface area contributed by atoms with Gasteiger partial charge in [-0.15, -0.1) is 0 Å². The third-order valence-electron chi connectivity index (χ3n) is 6.33. The number of likely N-dealkylation sites (tertiary alicyclic amines) is 1. The van der Waals surface area contributed by atoms with Gasteiger partial charge in [0.1, 0.15) is 0 Å². The second kappa shape index (κ2) is 8.52. The van der Waals surface area contributed by atoms with Crippen LogP contribution in [0.15, 0.2) is 4.99 Å². The summed E-state index contributed by atoms with van der Waals surface area (Å²) in [5.41, 5.74) is 0. The van der Waals surface area contributed by atoms with Crippen LogP contribution in [-0.4, -0.2) is 61.8 Å². The number of nitrogens with zero attached hydrogens (tertiary/aromatic N) is 2. The summed E-state index contributed by atoms with van der Waals surface area (Å²) in [5.74, 6) is 1.71. The molecular weight excluding hydrogens is 300 g/mol. The van der Waals surface area contributed by atoms with Gasteiger partial charge in [0, 0.05) is 19.6 Å². The molecule has 0 aromatic carbocycles. The van der Waals surface area contributed by atoms with Crippen molar-refractivity contribution in [3.05, 3.63) is 0 Å². The summed E-state index contributed by atoms with van der Waals surface area (Å²) in [6.45, 7) is 8.17. The van der Waals surface area contributed by atoms with Gasteiger partial charge < -0.3 is 15.4 Å². The van der Waals surface area contributed by atoms with Crippen LogP contribution in [0, 0.1) is 5.92 Å². The molecule has 3 aliphatic heterocycles. The first-order chi connectivity index (χ1) is 11.7. The molecule has 0 amide bonds. The van der Waals surface area contributed by atoms with E-state index >= 15 is 0 Å². The van der Waals surface area contributed by atoms with Crippen molar-refractivity contribution in [3.63, 3.8) is 0 Å². The van der Waals surface area contributed by atoms with Crippen LogP contribution in [0.1, 0.15) is 58.8 Å². The zero-order chi connectivity index (χ0) is 16.9. The number of rotatable bonds is 7. The average molecular weight is 337 g/mol. The molecule has 4 atom stereocenters. The lowest BCUT2D eigenvalue weighted by atomic mass is 9.93. The fourth-order valence-electron chi connectivity index (χ4n) is 4.86. The predicted octanol–water partition coefficient (Wildman–Crippen LogP) is 2.37. The van der Waals surface area contributed by atoms with E-state index in [1.54, 1.807) is 0 Å². The first-order valence-corrected chi connectivity index (χ1v) is 10.1. The highest BCUT2D eigenvalue weighted by molar-refractivity contribution is 5.80.